The third-order valence-corrected chi connectivity index (χ3v) is 4.36. The van der Waals surface area contributed by atoms with Crippen LogP contribution < -0.4 is 11.1 Å². The highest BCUT2D eigenvalue weighted by molar-refractivity contribution is 7.89. The zero-order chi connectivity index (χ0) is 15.3. The smallest absolute Gasteiger partial charge is 0.316 e. The number of sulfone groups is 1. The average Bonchev–Trinajstić information content (AvgIpc) is 2.38. The molecule has 0 bridgehead atoms. The Morgan fingerprint density at radius 3 is 2.24 bits per heavy atom. The van der Waals surface area contributed by atoms with Gasteiger partial charge in [-0.15, -0.1) is 0 Å². The number of primary amides is 1. The minimum absolute atomic E-state index is 0.0126. The molecule has 6 heteroatoms. The molecule has 110 valence electrons. The number of carbonyl (C=O) groups is 1. The van der Waals surface area contributed by atoms with Gasteiger partial charge in [0, 0.05) is 5.69 Å². The number of rotatable bonds is 5. The minimum Gasteiger partial charge on any atom is -0.351 e. The molecule has 21 heavy (non-hydrogen) atoms. The van der Waals surface area contributed by atoms with Crippen LogP contribution in [0.1, 0.15) is 11.1 Å². The number of urea groups is 1. The second-order valence-corrected chi connectivity index (χ2v) is 6.77. The summed E-state index contributed by atoms with van der Waals surface area (Å²) in [6, 6.07) is 15.0. The summed E-state index contributed by atoms with van der Waals surface area (Å²) in [4.78, 5) is 10.8. The molecule has 0 aliphatic heterocycles. The molecule has 0 aromatic heterocycles. The maximum absolute atomic E-state index is 12.2. The lowest BCUT2D eigenvalue weighted by molar-refractivity contribution is 0.259. The largest absolute Gasteiger partial charge is 0.351 e. The molecule has 5 nitrogen and oxygen atoms in total. The molecule has 2 amide bonds. The molecular formula is C15H16N2O3S. The SMILES string of the molecule is NC(=O)Nc1cccc(CS(=O)(=O)Cc2ccccc2)c1. The number of nitrogens with one attached hydrogen (secondary N) is 1. The molecule has 0 unspecified atom stereocenters. The molecule has 0 saturated heterocycles. The van der Waals surface area contributed by atoms with Gasteiger partial charge >= 0.3 is 6.03 Å². The van der Waals surface area contributed by atoms with Gasteiger partial charge in [-0.05, 0) is 23.3 Å². The van der Waals surface area contributed by atoms with Gasteiger partial charge in [-0.2, -0.15) is 0 Å². The van der Waals surface area contributed by atoms with Gasteiger partial charge in [0.05, 0.1) is 11.5 Å². The third-order valence-electron chi connectivity index (χ3n) is 2.81. The van der Waals surface area contributed by atoms with E-state index in [0.717, 1.165) is 5.56 Å². The minimum atomic E-state index is -3.28. The van der Waals surface area contributed by atoms with Crippen LogP contribution in [0.2, 0.25) is 0 Å². The molecular weight excluding hydrogens is 288 g/mol. The summed E-state index contributed by atoms with van der Waals surface area (Å²) in [6.45, 7) is 0. The van der Waals surface area contributed by atoms with E-state index in [1.165, 1.54) is 0 Å². The van der Waals surface area contributed by atoms with Crippen molar-refractivity contribution in [1.82, 2.24) is 0 Å². The van der Waals surface area contributed by atoms with Crippen LogP contribution in [0.5, 0.6) is 0 Å². The Balaban J connectivity index is 2.11. The lowest BCUT2D eigenvalue weighted by atomic mass is 10.2. The number of carbonyl (C=O) groups excluding carboxylic acids is 1. The van der Waals surface area contributed by atoms with Gasteiger partial charge in [-0.25, -0.2) is 13.2 Å². The fourth-order valence-electron chi connectivity index (χ4n) is 2.01. The normalized spacial score (nSPS) is 11.0. The zero-order valence-electron chi connectivity index (χ0n) is 11.3. The fraction of sp³-hybridized carbons (Fsp3) is 0.133. The molecule has 0 aliphatic carbocycles. The number of anilines is 1. The highest BCUT2D eigenvalue weighted by Crippen LogP contribution is 2.16. The Morgan fingerprint density at radius 2 is 1.57 bits per heavy atom. The number of benzene rings is 2. The standard InChI is InChI=1S/C15H16N2O3S/c16-15(18)17-14-8-4-7-13(9-14)11-21(19,20)10-12-5-2-1-3-6-12/h1-9H,10-11H2,(H3,16,17,18). The first-order chi connectivity index (χ1) is 9.94. The second kappa shape index (κ2) is 6.41. The number of nitrogens with two attached hydrogens (primary N) is 1. The number of hydrogen-bond acceptors (Lipinski definition) is 3. The molecule has 0 heterocycles. The molecule has 2 aromatic carbocycles. The van der Waals surface area contributed by atoms with E-state index >= 15 is 0 Å². The van der Waals surface area contributed by atoms with Gasteiger partial charge in [0.15, 0.2) is 9.84 Å². The maximum Gasteiger partial charge on any atom is 0.316 e. The van der Waals surface area contributed by atoms with Gasteiger partial charge in [-0.3, -0.25) is 0 Å². The Labute approximate surface area is 123 Å². The van der Waals surface area contributed by atoms with Gasteiger partial charge in [0.2, 0.25) is 0 Å². The summed E-state index contributed by atoms with van der Waals surface area (Å²) in [7, 11) is -3.28. The van der Waals surface area contributed by atoms with E-state index in [1.54, 1.807) is 36.4 Å². The first-order valence-electron chi connectivity index (χ1n) is 6.34. The van der Waals surface area contributed by atoms with E-state index in [9.17, 15) is 13.2 Å². The Kier molecular flexibility index (Phi) is 4.59. The van der Waals surface area contributed by atoms with Crippen LogP contribution in [0, 0.1) is 0 Å². The summed E-state index contributed by atoms with van der Waals surface area (Å²) in [5, 5.41) is 2.42. The quantitative estimate of drug-likeness (QED) is 0.888. The summed E-state index contributed by atoms with van der Waals surface area (Å²) < 4.78 is 24.4. The molecule has 3 N–H and O–H groups in total. The van der Waals surface area contributed by atoms with Crippen LogP contribution in [0.3, 0.4) is 0 Å². The van der Waals surface area contributed by atoms with E-state index in [2.05, 4.69) is 5.32 Å². The number of hydrogen-bond donors (Lipinski definition) is 2. The topological polar surface area (TPSA) is 89.3 Å². The molecule has 0 atom stereocenters. The highest BCUT2D eigenvalue weighted by Gasteiger charge is 2.13. The van der Waals surface area contributed by atoms with Crippen molar-refractivity contribution in [2.75, 3.05) is 5.32 Å². The van der Waals surface area contributed by atoms with Gasteiger partial charge < -0.3 is 11.1 Å². The summed E-state index contributed by atoms with van der Waals surface area (Å²) in [6.07, 6.45) is 0. The molecule has 0 spiro atoms. The predicted molar refractivity (Wildman–Crippen MR) is 82.4 cm³/mol. The number of amides is 2. The molecule has 0 fully saturated rings. The summed E-state index contributed by atoms with van der Waals surface area (Å²) in [5.41, 5.74) is 6.88. The first-order valence-corrected chi connectivity index (χ1v) is 8.16. The van der Waals surface area contributed by atoms with Crippen LogP contribution in [0.4, 0.5) is 10.5 Å². The van der Waals surface area contributed by atoms with Crippen molar-refractivity contribution in [2.24, 2.45) is 5.73 Å². The summed E-state index contributed by atoms with van der Waals surface area (Å²) >= 11 is 0. The lowest BCUT2D eigenvalue weighted by Gasteiger charge is -2.07. The van der Waals surface area contributed by atoms with Crippen LogP contribution in [0.15, 0.2) is 54.6 Å². The van der Waals surface area contributed by atoms with E-state index in [4.69, 9.17) is 5.73 Å². The Hall–Kier alpha value is -2.34. The Morgan fingerprint density at radius 1 is 0.952 bits per heavy atom. The van der Waals surface area contributed by atoms with Crippen LogP contribution in [0.25, 0.3) is 0 Å². The van der Waals surface area contributed by atoms with Gasteiger partial charge in [-0.1, -0.05) is 42.5 Å². The molecule has 0 radical (unpaired) electrons. The lowest BCUT2D eigenvalue weighted by Crippen LogP contribution is -2.19. The maximum atomic E-state index is 12.2. The summed E-state index contributed by atoms with van der Waals surface area (Å²) in [5.74, 6) is -0.0997. The third kappa shape index (κ3) is 4.92. The van der Waals surface area contributed by atoms with Crippen molar-refractivity contribution < 1.29 is 13.2 Å². The zero-order valence-corrected chi connectivity index (χ0v) is 12.1. The first kappa shape index (κ1) is 15.1. The van der Waals surface area contributed by atoms with E-state index in [1.807, 2.05) is 18.2 Å². The van der Waals surface area contributed by atoms with E-state index in [0.29, 0.717) is 11.3 Å². The van der Waals surface area contributed by atoms with E-state index < -0.39 is 15.9 Å². The van der Waals surface area contributed by atoms with Crippen LogP contribution in [-0.2, 0) is 21.3 Å². The molecule has 2 aromatic rings. The van der Waals surface area contributed by atoms with Gasteiger partial charge in [0.1, 0.15) is 0 Å². The van der Waals surface area contributed by atoms with Crippen molar-refractivity contribution in [3.8, 4) is 0 Å². The van der Waals surface area contributed by atoms with Crippen molar-refractivity contribution >= 4 is 21.6 Å². The molecule has 0 aliphatic rings. The second-order valence-electron chi connectivity index (χ2n) is 4.71. The van der Waals surface area contributed by atoms with Crippen molar-refractivity contribution in [2.45, 2.75) is 11.5 Å². The fourth-order valence-corrected chi connectivity index (χ4v) is 3.50. The van der Waals surface area contributed by atoms with Crippen molar-refractivity contribution in [3.63, 3.8) is 0 Å². The highest BCUT2D eigenvalue weighted by atomic mass is 32.2. The van der Waals surface area contributed by atoms with Crippen LogP contribution >= 0.6 is 0 Å². The monoisotopic (exact) mass is 304 g/mol. The molecule has 2 rings (SSSR count). The van der Waals surface area contributed by atoms with E-state index in [-0.39, 0.29) is 11.5 Å². The average molecular weight is 304 g/mol. The Bertz CT molecular complexity index is 728. The molecule has 0 saturated carbocycles. The van der Waals surface area contributed by atoms with Crippen molar-refractivity contribution in [3.05, 3.63) is 65.7 Å². The predicted octanol–water partition coefficient (Wildman–Crippen LogP) is 2.29. The van der Waals surface area contributed by atoms with Gasteiger partial charge in [0.25, 0.3) is 0 Å². The van der Waals surface area contributed by atoms with Crippen LogP contribution in [-0.4, -0.2) is 14.4 Å². The van der Waals surface area contributed by atoms with Crippen molar-refractivity contribution in [1.29, 1.82) is 0 Å².